The molecule has 92 valence electrons. The molecule has 1 amide bonds. The zero-order chi connectivity index (χ0) is 13.0. The number of nitrogens with zero attached hydrogens (tertiary/aromatic N) is 2. The molecule has 1 heterocycles. The minimum absolute atomic E-state index is 0.137. The minimum Gasteiger partial charge on any atom is -0.364 e. The standard InChI is InChI=1S/C12H11ClN4O/c13-9-4-2-1-3-8(9)7-15-11-6-5-10(12(14)18)16-17-11/h1-6H,7H2,(H2,14,18)(H,15,17). The van der Waals surface area contributed by atoms with Gasteiger partial charge < -0.3 is 11.1 Å². The molecule has 0 unspecified atom stereocenters. The predicted octanol–water partition coefficient (Wildman–Crippen LogP) is 1.84. The molecule has 0 radical (unpaired) electrons. The van der Waals surface area contributed by atoms with Gasteiger partial charge in [0.25, 0.3) is 5.91 Å². The number of nitrogens with two attached hydrogens (primary N) is 1. The fraction of sp³-hybridized carbons (Fsp3) is 0.0833. The van der Waals surface area contributed by atoms with Crippen LogP contribution in [-0.2, 0) is 6.54 Å². The molecule has 2 aromatic rings. The summed E-state index contributed by atoms with van der Waals surface area (Å²) in [6.45, 7) is 0.532. The second-order valence-electron chi connectivity index (χ2n) is 3.61. The third kappa shape index (κ3) is 2.95. The number of carbonyl (C=O) groups is 1. The van der Waals surface area contributed by atoms with Crippen molar-refractivity contribution in [2.24, 2.45) is 5.73 Å². The van der Waals surface area contributed by atoms with Crippen molar-refractivity contribution in [1.82, 2.24) is 10.2 Å². The van der Waals surface area contributed by atoms with Crippen molar-refractivity contribution in [1.29, 1.82) is 0 Å². The Kier molecular flexibility index (Phi) is 3.74. The molecule has 0 aliphatic rings. The van der Waals surface area contributed by atoms with Crippen molar-refractivity contribution in [2.75, 3.05) is 5.32 Å². The maximum Gasteiger partial charge on any atom is 0.269 e. The van der Waals surface area contributed by atoms with E-state index in [4.69, 9.17) is 17.3 Å². The molecule has 18 heavy (non-hydrogen) atoms. The summed E-state index contributed by atoms with van der Waals surface area (Å²) in [5, 5.41) is 11.3. The second kappa shape index (κ2) is 5.46. The highest BCUT2D eigenvalue weighted by Gasteiger charge is 2.03. The average molecular weight is 263 g/mol. The molecule has 0 bridgehead atoms. The fourth-order valence-electron chi connectivity index (χ4n) is 1.39. The Labute approximate surface area is 109 Å². The number of anilines is 1. The highest BCUT2D eigenvalue weighted by atomic mass is 35.5. The molecule has 0 aliphatic heterocycles. The molecule has 2 rings (SSSR count). The monoisotopic (exact) mass is 262 g/mol. The average Bonchev–Trinajstić information content (AvgIpc) is 2.38. The number of nitrogens with one attached hydrogen (secondary N) is 1. The predicted molar refractivity (Wildman–Crippen MR) is 69.3 cm³/mol. The zero-order valence-electron chi connectivity index (χ0n) is 9.43. The van der Waals surface area contributed by atoms with E-state index in [2.05, 4.69) is 15.5 Å². The Morgan fingerprint density at radius 2 is 2.00 bits per heavy atom. The summed E-state index contributed by atoms with van der Waals surface area (Å²) in [6.07, 6.45) is 0. The Balaban J connectivity index is 2.02. The minimum atomic E-state index is -0.597. The van der Waals surface area contributed by atoms with Crippen molar-refractivity contribution < 1.29 is 4.79 Å². The number of amides is 1. The first-order valence-electron chi connectivity index (χ1n) is 5.27. The van der Waals surface area contributed by atoms with Gasteiger partial charge in [-0.05, 0) is 23.8 Å². The number of rotatable bonds is 4. The van der Waals surface area contributed by atoms with E-state index < -0.39 is 5.91 Å². The summed E-state index contributed by atoms with van der Waals surface area (Å²) in [5.74, 6) is -0.0416. The number of primary amides is 1. The Hall–Kier alpha value is -2.14. The van der Waals surface area contributed by atoms with Gasteiger partial charge >= 0.3 is 0 Å². The number of hydrogen-bond donors (Lipinski definition) is 2. The van der Waals surface area contributed by atoms with E-state index in [0.717, 1.165) is 5.56 Å². The van der Waals surface area contributed by atoms with Crippen LogP contribution < -0.4 is 11.1 Å². The second-order valence-corrected chi connectivity index (χ2v) is 4.02. The number of aromatic nitrogens is 2. The Morgan fingerprint density at radius 1 is 1.22 bits per heavy atom. The van der Waals surface area contributed by atoms with Crippen molar-refractivity contribution in [3.05, 3.63) is 52.7 Å². The largest absolute Gasteiger partial charge is 0.364 e. The molecule has 0 spiro atoms. The van der Waals surface area contributed by atoms with Gasteiger partial charge in [-0.15, -0.1) is 10.2 Å². The topological polar surface area (TPSA) is 80.9 Å². The molecule has 6 heteroatoms. The molecule has 0 saturated carbocycles. The summed E-state index contributed by atoms with van der Waals surface area (Å²) < 4.78 is 0. The molecular formula is C12H11ClN4O. The van der Waals surface area contributed by atoms with Crippen LogP contribution in [0, 0.1) is 0 Å². The van der Waals surface area contributed by atoms with Crippen LogP contribution in [0.1, 0.15) is 16.1 Å². The lowest BCUT2D eigenvalue weighted by atomic mass is 10.2. The van der Waals surface area contributed by atoms with Gasteiger partial charge in [-0.25, -0.2) is 0 Å². The van der Waals surface area contributed by atoms with E-state index in [0.29, 0.717) is 17.4 Å². The van der Waals surface area contributed by atoms with Crippen LogP contribution in [0.4, 0.5) is 5.82 Å². The van der Waals surface area contributed by atoms with Crippen molar-refractivity contribution in [2.45, 2.75) is 6.54 Å². The lowest BCUT2D eigenvalue weighted by Gasteiger charge is -2.06. The van der Waals surface area contributed by atoms with Gasteiger partial charge in [0.15, 0.2) is 5.69 Å². The van der Waals surface area contributed by atoms with Crippen LogP contribution in [0.5, 0.6) is 0 Å². The van der Waals surface area contributed by atoms with E-state index in [1.54, 1.807) is 6.07 Å². The number of carbonyl (C=O) groups excluding carboxylic acids is 1. The highest BCUT2D eigenvalue weighted by Crippen LogP contribution is 2.15. The van der Waals surface area contributed by atoms with Gasteiger partial charge in [0.05, 0.1) is 0 Å². The SMILES string of the molecule is NC(=O)c1ccc(NCc2ccccc2Cl)nn1. The lowest BCUT2D eigenvalue weighted by Crippen LogP contribution is -2.14. The van der Waals surface area contributed by atoms with Crippen molar-refractivity contribution in [3.63, 3.8) is 0 Å². The van der Waals surface area contributed by atoms with E-state index in [1.807, 2.05) is 24.3 Å². The molecule has 3 N–H and O–H groups in total. The first-order valence-corrected chi connectivity index (χ1v) is 5.65. The van der Waals surface area contributed by atoms with Gasteiger partial charge in [-0.1, -0.05) is 29.8 Å². The van der Waals surface area contributed by atoms with Gasteiger partial charge in [0.2, 0.25) is 0 Å². The molecular weight excluding hydrogens is 252 g/mol. The number of hydrogen-bond acceptors (Lipinski definition) is 4. The van der Waals surface area contributed by atoms with Crippen molar-refractivity contribution >= 4 is 23.3 Å². The molecule has 0 aliphatic carbocycles. The third-order valence-corrected chi connectivity index (χ3v) is 2.70. The first kappa shape index (κ1) is 12.3. The van der Waals surface area contributed by atoms with Gasteiger partial charge in [0, 0.05) is 11.6 Å². The smallest absolute Gasteiger partial charge is 0.269 e. The van der Waals surface area contributed by atoms with E-state index >= 15 is 0 Å². The normalized spacial score (nSPS) is 10.1. The summed E-state index contributed by atoms with van der Waals surface area (Å²) >= 11 is 6.02. The molecule has 0 atom stereocenters. The van der Waals surface area contributed by atoms with Crippen LogP contribution in [0.3, 0.4) is 0 Å². The number of benzene rings is 1. The van der Waals surface area contributed by atoms with Gasteiger partial charge in [-0.3, -0.25) is 4.79 Å². The molecule has 5 nitrogen and oxygen atoms in total. The quantitative estimate of drug-likeness (QED) is 0.881. The van der Waals surface area contributed by atoms with Crippen LogP contribution in [0.15, 0.2) is 36.4 Å². The third-order valence-electron chi connectivity index (χ3n) is 2.33. The van der Waals surface area contributed by atoms with Crippen molar-refractivity contribution in [3.8, 4) is 0 Å². The highest BCUT2D eigenvalue weighted by molar-refractivity contribution is 6.31. The molecule has 1 aromatic heterocycles. The summed E-state index contributed by atoms with van der Waals surface area (Å²) in [4.78, 5) is 10.8. The summed E-state index contributed by atoms with van der Waals surface area (Å²) in [6, 6.07) is 10.7. The van der Waals surface area contributed by atoms with Gasteiger partial charge in [0.1, 0.15) is 5.82 Å². The lowest BCUT2D eigenvalue weighted by molar-refractivity contribution is 0.0994. The summed E-state index contributed by atoms with van der Waals surface area (Å²) in [7, 11) is 0. The van der Waals surface area contributed by atoms with Crippen LogP contribution in [0.2, 0.25) is 5.02 Å². The van der Waals surface area contributed by atoms with E-state index in [9.17, 15) is 4.79 Å². The fourth-order valence-corrected chi connectivity index (χ4v) is 1.59. The van der Waals surface area contributed by atoms with Crippen LogP contribution in [0.25, 0.3) is 0 Å². The maximum atomic E-state index is 10.8. The van der Waals surface area contributed by atoms with Gasteiger partial charge in [-0.2, -0.15) is 0 Å². The molecule has 1 aromatic carbocycles. The Bertz CT molecular complexity index is 556. The van der Waals surface area contributed by atoms with Crippen LogP contribution >= 0.6 is 11.6 Å². The first-order chi connectivity index (χ1) is 8.66. The zero-order valence-corrected chi connectivity index (χ0v) is 10.2. The molecule has 0 fully saturated rings. The number of halogens is 1. The van der Waals surface area contributed by atoms with Crippen LogP contribution in [-0.4, -0.2) is 16.1 Å². The Morgan fingerprint density at radius 3 is 2.61 bits per heavy atom. The van der Waals surface area contributed by atoms with E-state index in [-0.39, 0.29) is 5.69 Å². The maximum absolute atomic E-state index is 10.8. The van der Waals surface area contributed by atoms with E-state index in [1.165, 1.54) is 6.07 Å². The molecule has 0 saturated heterocycles. The summed E-state index contributed by atoms with van der Waals surface area (Å²) in [5.41, 5.74) is 6.17.